The second-order valence-corrected chi connectivity index (χ2v) is 4.43. The third-order valence-corrected chi connectivity index (χ3v) is 2.69. The number of hydrogen-bond acceptors (Lipinski definition) is 3. The Hall–Kier alpha value is -2.24. The molecule has 0 saturated heterocycles. The van der Waals surface area contributed by atoms with Crippen LogP contribution in [0.3, 0.4) is 0 Å². The lowest BCUT2D eigenvalue weighted by atomic mass is 10.0. The van der Waals surface area contributed by atoms with Crippen LogP contribution in [0.15, 0.2) is 36.5 Å². The third kappa shape index (κ3) is 3.88. The van der Waals surface area contributed by atoms with Gasteiger partial charge in [-0.15, -0.1) is 13.2 Å². The summed E-state index contributed by atoms with van der Waals surface area (Å²) in [7, 11) is 0. The first-order valence-corrected chi connectivity index (χ1v) is 5.89. The van der Waals surface area contributed by atoms with E-state index >= 15 is 0 Å². The number of halogens is 3. The molecule has 2 N–H and O–H groups in total. The first kappa shape index (κ1) is 14.2. The Kier molecular flexibility index (Phi) is 3.83. The molecule has 0 aliphatic carbocycles. The van der Waals surface area contributed by atoms with Crippen molar-refractivity contribution >= 4 is 5.82 Å². The number of nitrogens with zero attached hydrogens (tertiary/aromatic N) is 1. The fourth-order valence-electron chi connectivity index (χ4n) is 1.81. The Morgan fingerprint density at radius 3 is 2.45 bits per heavy atom. The Morgan fingerprint density at radius 1 is 1.20 bits per heavy atom. The van der Waals surface area contributed by atoms with Crippen LogP contribution in [0.5, 0.6) is 5.75 Å². The molecule has 20 heavy (non-hydrogen) atoms. The van der Waals surface area contributed by atoms with E-state index in [0.717, 1.165) is 16.7 Å². The average molecular weight is 282 g/mol. The van der Waals surface area contributed by atoms with E-state index in [4.69, 9.17) is 5.73 Å². The van der Waals surface area contributed by atoms with Crippen molar-refractivity contribution in [2.75, 3.05) is 5.73 Å². The number of alkyl halides is 3. The number of rotatable bonds is 3. The van der Waals surface area contributed by atoms with Crippen molar-refractivity contribution in [1.29, 1.82) is 0 Å². The zero-order valence-electron chi connectivity index (χ0n) is 10.7. The van der Waals surface area contributed by atoms with Crippen LogP contribution < -0.4 is 10.5 Å². The van der Waals surface area contributed by atoms with Crippen molar-refractivity contribution in [1.82, 2.24) is 4.98 Å². The Morgan fingerprint density at radius 2 is 1.85 bits per heavy atom. The summed E-state index contributed by atoms with van der Waals surface area (Å²) in [4.78, 5) is 4.05. The van der Waals surface area contributed by atoms with E-state index < -0.39 is 6.36 Å². The highest BCUT2D eigenvalue weighted by atomic mass is 19.4. The molecule has 0 unspecified atom stereocenters. The van der Waals surface area contributed by atoms with Gasteiger partial charge in [0.2, 0.25) is 0 Å². The minimum atomic E-state index is -4.67. The van der Waals surface area contributed by atoms with Gasteiger partial charge in [-0.3, -0.25) is 0 Å². The SMILES string of the molecule is Cc1cnc(N)c(Cc2ccc(OC(F)(F)F)cc2)c1. The lowest BCUT2D eigenvalue weighted by molar-refractivity contribution is -0.274. The molecule has 1 heterocycles. The van der Waals surface area contributed by atoms with Crippen molar-refractivity contribution in [2.24, 2.45) is 0 Å². The van der Waals surface area contributed by atoms with Gasteiger partial charge in [-0.05, 0) is 35.7 Å². The summed E-state index contributed by atoms with van der Waals surface area (Å²) in [5, 5.41) is 0. The van der Waals surface area contributed by atoms with E-state index in [1.807, 2.05) is 13.0 Å². The van der Waals surface area contributed by atoms with E-state index in [1.54, 1.807) is 18.3 Å². The summed E-state index contributed by atoms with van der Waals surface area (Å²) in [5.41, 5.74) is 8.42. The minimum absolute atomic E-state index is 0.239. The first-order valence-electron chi connectivity index (χ1n) is 5.89. The second kappa shape index (κ2) is 5.40. The van der Waals surface area contributed by atoms with Crippen LogP contribution in [0.2, 0.25) is 0 Å². The fourth-order valence-corrected chi connectivity index (χ4v) is 1.81. The summed E-state index contributed by atoms with van der Waals surface area (Å²) >= 11 is 0. The average Bonchev–Trinajstić information content (AvgIpc) is 2.34. The number of nitrogens with two attached hydrogens (primary N) is 1. The largest absolute Gasteiger partial charge is 0.573 e. The van der Waals surface area contributed by atoms with Gasteiger partial charge < -0.3 is 10.5 Å². The topological polar surface area (TPSA) is 48.1 Å². The van der Waals surface area contributed by atoms with Crippen LogP contribution in [-0.4, -0.2) is 11.3 Å². The number of benzene rings is 1. The molecule has 2 rings (SSSR count). The van der Waals surface area contributed by atoms with Crippen LogP contribution in [-0.2, 0) is 6.42 Å². The number of hydrogen-bond donors (Lipinski definition) is 1. The van der Waals surface area contributed by atoms with Crippen LogP contribution in [0.25, 0.3) is 0 Å². The number of ether oxygens (including phenoxy) is 1. The van der Waals surface area contributed by atoms with Crippen molar-refractivity contribution in [3.8, 4) is 5.75 Å². The summed E-state index contributed by atoms with van der Waals surface area (Å²) in [6, 6.07) is 7.61. The molecule has 0 aliphatic heterocycles. The summed E-state index contributed by atoms with van der Waals surface area (Å²) < 4.78 is 39.9. The maximum atomic E-state index is 12.0. The number of aryl methyl sites for hydroxylation is 1. The molecule has 1 aromatic carbocycles. The van der Waals surface area contributed by atoms with E-state index in [1.165, 1.54) is 12.1 Å². The number of aromatic nitrogens is 1. The third-order valence-electron chi connectivity index (χ3n) is 2.69. The Balaban J connectivity index is 2.13. The van der Waals surface area contributed by atoms with Crippen molar-refractivity contribution in [2.45, 2.75) is 19.7 Å². The summed E-state index contributed by atoms with van der Waals surface area (Å²) in [5.74, 6) is 0.183. The molecule has 0 fully saturated rings. The molecule has 1 aromatic heterocycles. The smallest absolute Gasteiger partial charge is 0.406 e. The molecular formula is C14H13F3N2O. The monoisotopic (exact) mass is 282 g/mol. The molecule has 0 saturated carbocycles. The highest BCUT2D eigenvalue weighted by Crippen LogP contribution is 2.24. The minimum Gasteiger partial charge on any atom is -0.406 e. The fraction of sp³-hybridized carbons (Fsp3) is 0.214. The predicted molar refractivity (Wildman–Crippen MR) is 69.3 cm³/mol. The van der Waals surface area contributed by atoms with Crippen molar-refractivity contribution < 1.29 is 17.9 Å². The molecule has 0 amide bonds. The number of pyridine rings is 1. The van der Waals surface area contributed by atoms with E-state index in [0.29, 0.717) is 12.2 Å². The Labute approximate surface area is 114 Å². The van der Waals surface area contributed by atoms with Gasteiger partial charge in [0.25, 0.3) is 0 Å². The first-order chi connectivity index (χ1) is 9.33. The van der Waals surface area contributed by atoms with E-state index in [-0.39, 0.29) is 5.75 Å². The predicted octanol–water partition coefficient (Wildman–Crippen LogP) is 3.46. The zero-order chi connectivity index (χ0) is 14.8. The van der Waals surface area contributed by atoms with Gasteiger partial charge >= 0.3 is 6.36 Å². The van der Waals surface area contributed by atoms with Crippen molar-refractivity contribution in [3.05, 3.63) is 53.2 Å². The molecule has 0 bridgehead atoms. The Bertz CT molecular complexity index is 594. The van der Waals surface area contributed by atoms with Gasteiger partial charge in [-0.1, -0.05) is 18.2 Å². The van der Waals surface area contributed by atoms with E-state index in [2.05, 4.69) is 9.72 Å². The molecule has 0 radical (unpaired) electrons. The van der Waals surface area contributed by atoms with Crippen LogP contribution in [0.4, 0.5) is 19.0 Å². The van der Waals surface area contributed by atoms with Gasteiger partial charge in [0.05, 0.1) is 0 Å². The molecule has 106 valence electrons. The molecule has 0 atom stereocenters. The van der Waals surface area contributed by atoms with Crippen LogP contribution >= 0.6 is 0 Å². The lowest BCUT2D eigenvalue weighted by Gasteiger charge is -2.10. The van der Waals surface area contributed by atoms with Crippen molar-refractivity contribution in [3.63, 3.8) is 0 Å². The molecular weight excluding hydrogens is 269 g/mol. The van der Waals surface area contributed by atoms with Gasteiger partial charge in [0.15, 0.2) is 0 Å². The maximum Gasteiger partial charge on any atom is 0.573 e. The standard InChI is InChI=1S/C14H13F3N2O/c1-9-6-11(13(18)19-8-9)7-10-2-4-12(5-3-10)20-14(15,16)17/h2-6,8H,7H2,1H3,(H2,18,19). The van der Waals surface area contributed by atoms with Gasteiger partial charge in [-0.25, -0.2) is 4.98 Å². The van der Waals surface area contributed by atoms with Gasteiger partial charge in [0, 0.05) is 12.6 Å². The molecule has 0 spiro atoms. The van der Waals surface area contributed by atoms with Crippen LogP contribution in [0, 0.1) is 6.92 Å². The van der Waals surface area contributed by atoms with Gasteiger partial charge in [0.1, 0.15) is 11.6 Å². The van der Waals surface area contributed by atoms with E-state index in [9.17, 15) is 13.2 Å². The number of nitrogen functional groups attached to an aromatic ring is 1. The molecule has 3 nitrogen and oxygen atoms in total. The highest BCUT2D eigenvalue weighted by Gasteiger charge is 2.30. The second-order valence-electron chi connectivity index (χ2n) is 4.43. The lowest BCUT2D eigenvalue weighted by Crippen LogP contribution is -2.17. The zero-order valence-corrected chi connectivity index (χ0v) is 10.7. The van der Waals surface area contributed by atoms with Gasteiger partial charge in [-0.2, -0.15) is 0 Å². The molecule has 0 aliphatic rings. The van der Waals surface area contributed by atoms with Crippen LogP contribution in [0.1, 0.15) is 16.7 Å². The number of anilines is 1. The maximum absolute atomic E-state index is 12.0. The summed E-state index contributed by atoms with van der Waals surface area (Å²) in [6.45, 7) is 1.90. The summed E-state index contributed by atoms with van der Waals surface area (Å²) in [6.07, 6.45) is -2.50. The molecule has 6 heteroatoms. The highest BCUT2D eigenvalue weighted by molar-refractivity contribution is 5.44. The normalized spacial score (nSPS) is 11.4. The molecule has 2 aromatic rings. The quantitative estimate of drug-likeness (QED) is 0.937.